The molecular weight excluding hydrogens is 218 g/mol. The lowest BCUT2D eigenvalue weighted by Gasteiger charge is -2.29. The van der Waals surface area contributed by atoms with Gasteiger partial charge in [0.1, 0.15) is 0 Å². The van der Waals surface area contributed by atoms with Crippen LogP contribution in [0.2, 0.25) is 0 Å². The predicted octanol–water partition coefficient (Wildman–Crippen LogP) is 1.18. The van der Waals surface area contributed by atoms with Gasteiger partial charge in [-0.1, -0.05) is 19.8 Å². The minimum absolute atomic E-state index is 0.345. The summed E-state index contributed by atoms with van der Waals surface area (Å²) in [6.45, 7) is 4.70. The molecule has 0 bridgehead atoms. The number of hydrogen-bond donors (Lipinski definition) is 2. The fourth-order valence-corrected chi connectivity index (χ4v) is 2.27. The first kappa shape index (κ1) is 14.9. The van der Waals surface area contributed by atoms with Crippen LogP contribution in [0.25, 0.3) is 0 Å². The van der Waals surface area contributed by atoms with Gasteiger partial charge in [-0.15, -0.1) is 0 Å². The molecule has 4 nitrogen and oxygen atoms in total. The number of ether oxygens (including phenoxy) is 2. The van der Waals surface area contributed by atoms with Gasteiger partial charge < -0.3 is 19.9 Å². The molecule has 0 radical (unpaired) electrons. The van der Waals surface area contributed by atoms with Gasteiger partial charge in [0.05, 0.1) is 25.4 Å². The summed E-state index contributed by atoms with van der Waals surface area (Å²) in [4.78, 5) is 0. The molecule has 0 aromatic heterocycles. The van der Waals surface area contributed by atoms with Crippen molar-refractivity contribution in [3.05, 3.63) is 0 Å². The SMILES string of the molecule is COCCNC[C@H](O)CO[C@H]1CCCC[C@@H]1C. The highest BCUT2D eigenvalue weighted by Gasteiger charge is 2.22. The smallest absolute Gasteiger partial charge is 0.0897 e. The van der Waals surface area contributed by atoms with Crippen molar-refractivity contribution in [3.8, 4) is 0 Å². The van der Waals surface area contributed by atoms with Crippen LogP contribution in [0.4, 0.5) is 0 Å². The van der Waals surface area contributed by atoms with Gasteiger partial charge in [0.15, 0.2) is 0 Å². The maximum Gasteiger partial charge on any atom is 0.0897 e. The maximum absolute atomic E-state index is 9.74. The van der Waals surface area contributed by atoms with Crippen LogP contribution in [-0.2, 0) is 9.47 Å². The van der Waals surface area contributed by atoms with Crippen molar-refractivity contribution in [1.82, 2.24) is 5.32 Å². The van der Waals surface area contributed by atoms with E-state index in [4.69, 9.17) is 9.47 Å². The molecule has 0 amide bonds. The minimum atomic E-state index is -0.416. The highest BCUT2D eigenvalue weighted by atomic mass is 16.5. The highest BCUT2D eigenvalue weighted by molar-refractivity contribution is 4.73. The molecule has 3 atom stereocenters. The number of methoxy groups -OCH3 is 1. The summed E-state index contributed by atoms with van der Waals surface area (Å²) in [5, 5.41) is 12.9. The molecule has 1 aliphatic carbocycles. The van der Waals surface area contributed by atoms with Crippen LogP contribution < -0.4 is 5.32 Å². The molecule has 4 heteroatoms. The van der Waals surface area contributed by atoms with Crippen LogP contribution in [0.5, 0.6) is 0 Å². The summed E-state index contributed by atoms with van der Waals surface area (Å²) >= 11 is 0. The Balaban J connectivity index is 2.03. The van der Waals surface area contributed by atoms with E-state index in [1.54, 1.807) is 7.11 Å². The molecule has 0 aromatic carbocycles. The molecule has 17 heavy (non-hydrogen) atoms. The van der Waals surface area contributed by atoms with E-state index in [1.807, 2.05) is 0 Å². The van der Waals surface area contributed by atoms with Crippen molar-refractivity contribution in [2.75, 3.05) is 33.4 Å². The lowest BCUT2D eigenvalue weighted by Crippen LogP contribution is -2.35. The highest BCUT2D eigenvalue weighted by Crippen LogP contribution is 2.26. The summed E-state index contributed by atoms with van der Waals surface area (Å²) in [5.41, 5.74) is 0. The third-order valence-electron chi connectivity index (χ3n) is 3.40. The molecule has 1 aliphatic rings. The van der Waals surface area contributed by atoms with Crippen molar-refractivity contribution in [3.63, 3.8) is 0 Å². The van der Waals surface area contributed by atoms with E-state index in [0.717, 1.165) is 13.0 Å². The molecule has 1 fully saturated rings. The Morgan fingerprint density at radius 2 is 2.12 bits per heavy atom. The van der Waals surface area contributed by atoms with Crippen molar-refractivity contribution in [2.24, 2.45) is 5.92 Å². The summed E-state index contributed by atoms with van der Waals surface area (Å²) in [6, 6.07) is 0. The molecular formula is C13H27NO3. The molecule has 0 aliphatic heterocycles. The summed E-state index contributed by atoms with van der Waals surface area (Å²) < 4.78 is 10.7. The quantitative estimate of drug-likeness (QED) is 0.631. The number of aliphatic hydroxyl groups excluding tert-OH is 1. The molecule has 2 N–H and O–H groups in total. The monoisotopic (exact) mass is 245 g/mol. The van der Waals surface area contributed by atoms with E-state index in [2.05, 4.69) is 12.2 Å². The van der Waals surface area contributed by atoms with Gasteiger partial charge >= 0.3 is 0 Å². The minimum Gasteiger partial charge on any atom is -0.389 e. The van der Waals surface area contributed by atoms with Gasteiger partial charge in [-0.3, -0.25) is 0 Å². The van der Waals surface area contributed by atoms with Crippen molar-refractivity contribution < 1.29 is 14.6 Å². The summed E-state index contributed by atoms with van der Waals surface area (Å²) in [6.07, 6.45) is 4.91. The topological polar surface area (TPSA) is 50.7 Å². The fraction of sp³-hybridized carbons (Fsp3) is 1.00. The van der Waals surface area contributed by atoms with E-state index < -0.39 is 6.10 Å². The van der Waals surface area contributed by atoms with Crippen LogP contribution in [0.15, 0.2) is 0 Å². The van der Waals surface area contributed by atoms with E-state index in [9.17, 15) is 5.11 Å². The molecule has 0 aromatic rings. The molecule has 0 saturated heterocycles. The van der Waals surface area contributed by atoms with E-state index in [0.29, 0.717) is 31.8 Å². The Morgan fingerprint density at radius 3 is 2.82 bits per heavy atom. The molecule has 1 rings (SSSR count). The van der Waals surface area contributed by atoms with Gasteiger partial charge in [0.25, 0.3) is 0 Å². The van der Waals surface area contributed by atoms with Crippen LogP contribution in [0.3, 0.4) is 0 Å². The molecule has 102 valence electrons. The average molecular weight is 245 g/mol. The lowest BCUT2D eigenvalue weighted by atomic mass is 9.88. The number of hydrogen-bond acceptors (Lipinski definition) is 4. The van der Waals surface area contributed by atoms with E-state index >= 15 is 0 Å². The zero-order chi connectivity index (χ0) is 12.5. The first-order chi connectivity index (χ1) is 8.24. The van der Waals surface area contributed by atoms with E-state index in [1.165, 1.54) is 19.3 Å². The first-order valence-electron chi connectivity index (χ1n) is 6.73. The van der Waals surface area contributed by atoms with Gasteiger partial charge in [0.2, 0.25) is 0 Å². The Kier molecular flexibility index (Phi) is 7.77. The second kappa shape index (κ2) is 8.86. The van der Waals surface area contributed by atoms with Crippen LogP contribution >= 0.6 is 0 Å². The van der Waals surface area contributed by atoms with Gasteiger partial charge in [-0.25, -0.2) is 0 Å². The summed E-state index contributed by atoms with van der Waals surface area (Å²) in [7, 11) is 1.67. The average Bonchev–Trinajstić information content (AvgIpc) is 2.34. The third-order valence-corrected chi connectivity index (χ3v) is 3.40. The maximum atomic E-state index is 9.74. The first-order valence-corrected chi connectivity index (χ1v) is 6.73. The third kappa shape index (κ3) is 6.36. The Hall–Kier alpha value is -0.160. The normalized spacial score (nSPS) is 27.0. The lowest BCUT2D eigenvalue weighted by molar-refractivity contribution is -0.0452. The molecule has 0 heterocycles. The Bertz CT molecular complexity index is 190. The standard InChI is InChI=1S/C13H27NO3/c1-11-5-3-4-6-13(11)17-10-12(15)9-14-7-8-16-2/h11-15H,3-10H2,1-2H3/t11-,12-,13-/m0/s1. The Morgan fingerprint density at radius 1 is 1.35 bits per heavy atom. The number of nitrogens with one attached hydrogen (secondary N) is 1. The Labute approximate surface area is 105 Å². The van der Waals surface area contributed by atoms with Gasteiger partial charge in [-0.2, -0.15) is 0 Å². The van der Waals surface area contributed by atoms with Crippen molar-refractivity contribution in [2.45, 2.75) is 44.8 Å². The molecule has 0 unspecified atom stereocenters. The number of rotatable bonds is 8. The largest absolute Gasteiger partial charge is 0.389 e. The predicted molar refractivity (Wildman–Crippen MR) is 68.1 cm³/mol. The second-order valence-electron chi connectivity index (χ2n) is 4.98. The van der Waals surface area contributed by atoms with E-state index in [-0.39, 0.29) is 0 Å². The second-order valence-corrected chi connectivity index (χ2v) is 4.98. The van der Waals surface area contributed by atoms with Crippen molar-refractivity contribution in [1.29, 1.82) is 0 Å². The number of aliphatic hydroxyl groups is 1. The fourth-order valence-electron chi connectivity index (χ4n) is 2.27. The molecule has 1 saturated carbocycles. The molecule has 0 spiro atoms. The van der Waals surface area contributed by atoms with Crippen LogP contribution in [0.1, 0.15) is 32.6 Å². The summed E-state index contributed by atoms with van der Waals surface area (Å²) in [5.74, 6) is 0.636. The van der Waals surface area contributed by atoms with Crippen LogP contribution in [-0.4, -0.2) is 50.7 Å². The zero-order valence-corrected chi connectivity index (χ0v) is 11.2. The zero-order valence-electron chi connectivity index (χ0n) is 11.2. The van der Waals surface area contributed by atoms with Gasteiger partial charge in [0, 0.05) is 20.2 Å². The van der Waals surface area contributed by atoms with Gasteiger partial charge in [-0.05, 0) is 18.8 Å². The van der Waals surface area contributed by atoms with Crippen LogP contribution in [0, 0.1) is 5.92 Å². The van der Waals surface area contributed by atoms with Crippen molar-refractivity contribution >= 4 is 0 Å².